The molecule has 154 valence electrons. The molecule has 0 aliphatic carbocycles. The summed E-state index contributed by atoms with van der Waals surface area (Å²) in [7, 11) is 6.66. The fourth-order valence-corrected chi connectivity index (χ4v) is 2.57. The molecule has 0 heterocycles. The van der Waals surface area contributed by atoms with Gasteiger partial charge in [-0.1, -0.05) is 12.1 Å². The van der Waals surface area contributed by atoms with Crippen LogP contribution in [0.3, 0.4) is 0 Å². The van der Waals surface area contributed by atoms with Gasteiger partial charge in [-0.25, -0.2) is 0 Å². The van der Waals surface area contributed by atoms with Crippen molar-refractivity contribution >= 4 is 29.0 Å². The molecular formula is C23H33N6+. The van der Waals surface area contributed by atoms with Gasteiger partial charge in [0, 0.05) is 17.9 Å². The van der Waals surface area contributed by atoms with Crippen LogP contribution < -0.4 is 4.90 Å². The van der Waals surface area contributed by atoms with Crippen LogP contribution in [-0.2, 0) is 0 Å². The standard InChI is InChI=1S/C23H33N6/c1-7-28(16-17-29(4,5)6)23-14-12-22(13-15-23)27-26-21-10-8-20(9-11-21)18-24-25-19(2)3/h8-15,18H,7,16-17H2,1-6H3/q+1. The number of likely N-dealkylation sites (N-methyl/N-ethyl adjacent to an activating group) is 2. The van der Waals surface area contributed by atoms with Gasteiger partial charge < -0.3 is 9.38 Å². The first-order valence-corrected chi connectivity index (χ1v) is 9.98. The van der Waals surface area contributed by atoms with Gasteiger partial charge in [0.1, 0.15) is 0 Å². The average molecular weight is 394 g/mol. The Morgan fingerprint density at radius 2 is 1.45 bits per heavy atom. The zero-order chi connectivity index (χ0) is 21.3. The van der Waals surface area contributed by atoms with Crippen LogP contribution in [0.25, 0.3) is 0 Å². The lowest BCUT2D eigenvalue weighted by Crippen LogP contribution is -2.42. The Hall–Kier alpha value is -2.86. The zero-order valence-electron chi connectivity index (χ0n) is 18.5. The molecule has 0 fully saturated rings. The molecule has 0 radical (unpaired) electrons. The van der Waals surface area contributed by atoms with Crippen LogP contribution in [0.15, 0.2) is 69.0 Å². The highest BCUT2D eigenvalue weighted by atomic mass is 15.3. The van der Waals surface area contributed by atoms with E-state index in [4.69, 9.17) is 0 Å². The summed E-state index contributed by atoms with van der Waals surface area (Å²) in [5, 5.41) is 16.7. The van der Waals surface area contributed by atoms with Crippen molar-refractivity contribution in [2.45, 2.75) is 20.8 Å². The molecule has 0 unspecified atom stereocenters. The van der Waals surface area contributed by atoms with Crippen molar-refractivity contribution in [3.63, 3.8) is 0 Å². The molecule has 0 aliphatic rings. The highest BCUT2D eigenvalue weighted by Crippen LogP contribution is 2.22. The van der Waals surface area contributed by atoms with E-state index in [0.29, 0.717) is 0 Å². The lowest BCUT2D eigenvalue weighted by Gasteiger charge is -2.29. The first kappa shape index (κ1) is 22.4. The van der Waals surface area contributed by atoms with Gasteiger partial charge in [-0.2, -0.15) is 20.4 Å². The first-order chi connectivity index (χ1) is 13.8. The Kier molecular flexibility index (Phi) is 8.21. The third-order valence-electron chi connectivity index (χ3n) is 4.28. The third kappa shape index (κ3) is 8.35. The zero-order valence-corrected chi connectivity index (χ0v) is 18.5. The van der Waals surface area contributed by atoms with Crippen molar-refractivity contribution in [2.24, 2.45) is 20.4 Å². The smallest absolute Gasteiger partial charge is 0.0958 e. The van der Waals surface area contributed by atoms with Gasteiger partial charge in [-0.15, -0.1) is 0 Å². The molecule has 2 aromatic rings. The Bertz CT molecular complexity index is 838. The average Bonchev–Trinajstić information content (AvgIpc) is 2.67. The fraction of sp³-hybridized carbons (Fsp3) is 0.391. The number of quaternary nitrogens is 1. The number of rotatable bonds is 9. The monoisotopic (exact) mass is 393 g/mol. The summed E-state index contributed by atoms with van der Waals surface area (Å²) >= 11 is 0. The van der Waals surface area contributed by atoms with Crippen LogP contribution in [-0.4, -0.2) is 57.2 Å². The maximum Gasteiger partial charge on any atom is 0.0958 e. The number of hydrogen-bond acceptors (Lipinski definition) is 5. The Morgan fingerprint density at radius 1 is 0.897 bits per heavy atom. The molecule has 0 atom stereocenters. The van der Waals surface area contributed by atoms with Crippen LogP contribution >= 0.6 is 0 Å². The molecule has 0 aliphatic heterocycles. The molecule has 2 rings (SSSR count). The Balaban J connectivity index is 1.99. The molecule has 0 spiro atoms. The fourth-order valence-electron chi connectivity index (χ4n) is 2.57. The van der Waals surface area contributed by atoms with Crippen LogP contribution in [0.4, 0.5) is 17.1 Å². The molecule has 0 aromatic heterocycles. The van der Waals surface area contributed by atoms with Gasteiger partial charge in [-0.05, 0) is 62.7 Å². The van der Waals surface area contributed by atoms with Gasteiger partial charge in [0.15, 0.2) is 0 Å². The lowest BCUT2D eigenvalue weighted by atomic mass is 10.2. The summed E-state index contributed by atoms with van der Waals surface area (Å²) in [4.78, 5) is 2.38. The first-order valence-electron chi connectivity index (χ1n) is 9.98. The predicted molar refractivity (Wildman–Crippen MR) is 124 cm³/mol. The van der Waals surface area contributed by atoms with Crippen LogP contribution in [0.5, 0.6) is 0 Å². The summed E-state index contributed by atoms with van der Waals surface area (Å²) in [5.41, 5.74) is 4.77. The molecule has 0 amide bonds. The highest BCUT2D eigenvalue weighted by Gasteiger charge is 2.11. The molecule has 0 saturated heterocycles. The van der Waals surface area contributed by atoms with E-state index in [1.165, 1.54) is 5.69 Å². The SMILES string of the molecule is CCN(CC[N+](C)(C)C)c1ccc(N=Nc2ccc(C=NN=C(C)C)cc2)cc1. The second-order valence-electron chi connectivity index (χ2n) is 8.19. The molecule has 0 bridgehead atoms. The highest BCUT2D eigenvalue weighted by molar-refractivity contribution is 5.83. The Morgan fingerprint density at radius 3 is 1.93 bits per heavy atom. The van der Waals surface area contributed by atoms with E-state index in [2.05, 4.69) is 65.5 Å². The van der Waals surface area contributed by atoms with E-state index in [1.54, 1.807) is 6.21 Å². The number of anilines is 1. The van der Waals surface area contributed by atoms with Gasteiger partial charge in [0.2, 0.25) is 0 Å². The third-order valence-corrected chi connectivity index (χ3v) is 4.28. The molecule has 2 aromatic carbocycles. The number of hydrogen-bond donors (Lipinski definition) is 0. The summed E-state index contributed by atoms with van der Waals surface area (Å²) in [6.45, 7) is 9.13. The number of nitrogens with zero attached hydrogens (tertiary/aromatic N) is 6. The van der Waals surface area contributed by atoms with Gasteiger partial charge in [0.25, 0.3) is 0 Å². The van der Waals surface area contributed by atoms with Crippen molar-refractivity contribution in [2.75, 3.05) is 45.7 Å². The van der Waals surface area contributed by atoms with E-state index in [0.717, 1.165) is 46.8 Å². The largest absolute Gasteiger partial charge is 0.366 e. The topological polar surface area (TPSA) is 52.7 Å². The van der Waals surface area contributed by atoms with E-state index in [1.807, 2.05) is 50.2 Å². The predicted octanol–water partition coefficient (Wildman–Crippen LogP) is 5.45. The van der Waals surface area contributed by atoms with E-state index in [9.17, 15) is 0 Å². The van der Waals surface area contributed by atoms with Gasteiger partial charge >= 0.3 is 0 Å². The maximum atomic E-state index is 4.35. The lowest BCUT2D eigenvalue weighted by molar-refractivity contribution is -0.868. The molecule has 6 nitrogen and oxygen atoms in total. The number of benzene rings is 2. The van der Waals surface area contributed by atoms with Crippen molar-refractivity contribution in [1.29, 1.82) is 0 Å². The molecule has 0 N–H and O–H groups in total. The second-order valence-corrected chi connectivity index (χ2v) is 8.19. The van der Waals surface area contributed by atoms with Crippen molar-refractivity contribution in [3.05, 3.63) is 54.1 Å². The maximum absolute atomic E-state index is 4.35. The van der Waals surface area contributed by atoms with Crippen molar-refractivity contribution < 1.29 is 4.48 Å². The quantitative estimate of drug-likeness (QED) is 0.242. The van der Waals surface area contributed by atoms with E-state index in [-0.39, 0.29) is 0 Å². The van der Waals surface area contributed by atoms with Gasteiger partial charge in [0.05, 0.1) is 51.8 Å². The van der Waals surface area contributed by atoms with Crippen LogP contribution in [0.2, 0.25) is 0 Å². The molecule has 29 heavy (non-hydrogen) atoms. The van der Waals surface area contributed by atoms with Crippen LogP contribution in [0.1, 0.15) is 26.3 Å². The summed E-state index contributed by atoms with van der Waals surface area (Å²) < 4.78 is 0.957. The summed E-state index contributed by atoms with van der Waals surface area (Å²) in [6, 6.07) is 16.0. The summed E-state index contributed by atoms with van der Waals surface area (Å²) in [5.74, 6) is 0. The molecular weight excluding hydrogens is 360 g/mol. The van der Waals surface area contributed by atoms with E-state index >= 15 is 0 Å². The van der Waals surface area contributed by atoms with Crippen molar-refractivity contribution in [3.8, 4) is 0 Å². The second kappa shape index (κ2) is 10.6. The summed E-state index contributed by atoms with van der Waals surface area (Å²) in [6.07, 6.45) is 1.73. The van der Waals surface area contributed by atoms with E-state index < -0.39 is 0 Å². The van der Waals surface area contributed by atoms with Crippen LogP contribution in [0, 0.1) is 0 Å². The Labute approximate surface area is 174 Å². The minimum absolute atomic E-state index is 0.805. The van der Waals surface area contributed by atoms with Crippen molar-refractivity contribution in [1.82, 2.24) is 0 Å². The number of azo groups is 1. The van der Waals surface area contributed by atoms with Gasteiger partial charge in [-0.3, -0.25) is 0 Å². The minimum atomic E-state index is 0.805. The molecule has 6 heteroatoms. The molecule has 0 saturated carbocycles. The normalized spacial score (nSPS) is 11.9. The minimum Gasteiger partial charge on any atom is -0.366 e.